The molecule has 0 aliphatic heterocycles. The molecule has 0 saturated heterocycles. The van der Waals surface area contributed by atoms with Gasteiger partial charge in [0.25, 0.3) is 0 Å². The van der Waals surface area contributed by atoms with Crippen LogP contribution >= 0.6 is 0 Å². The number of hydrogen-bond acceptors (Lipinski definition) is 5. The molecule has 0 aliphatic rings. The highest BCUT2D eigenvalue weighted by Crippen LogP contribution is 2.12. The van der Waals surface area contributed by atoms with Gasteiger partial charge < -0.3 is 14.8 Å². The van der Waals surface area contributed by atoms with E-state index in [1.165, 1.54) is 141 Å². The lowest BCUT2D eigenvalue weighted by molar-refractivity contribution is -0.148. The van der Waals surface area contributed by atoms with E-state index < -0.39 is 0 Å². The second-order valence-electron chi connectivity index (χ2n) is 14.2. The molecule has 0 amide bonds. The highest BCUT2D eigenvalue weighted by Gasteiger charge is 2.05. The minimum atomic E-state index is -0.0439. The van der Waals surface area contributed by atoms with Crippen molar-refractivity contribution in [2.24, 2.45) is 0 Å². The van der Waals surface area contributed by atoms with Crippen LogP contribution < -0.4 is 5.32 Å². The Morgan fingerprint density at radius 2 is 0.653 bits per heavy atom. The Morgan fingerprint density at radius 1 is 0.429 bits per heavy atom. The van der Waals surface area contributed by atoms with Gasteiger partial charge in [-0.2, -0.15) is 0 Å². The Balaban J connectivity index is -0.000000798. The Bertz CT molecular complexity index is 643. The van der Waals surface area contributed by atoms with Gasteiger partial charge in [0.05, 0.1) is 12.2 Å². The predicted molar refractivity (Wildman–Crippen MR) is 216 cm³/mol. The molecular weight excluding hydrogens is 606 g/mol. The molecule has 49 heavy (non-hydrogen) atoms. The quantitative estimate of drug-likeness (QED) is 0.0431. The highest BCUT2D eigenvalue weighted by molar-refractivity contribution is 5.69. The molecule has 0 unspecified atom stereocenters. The van der Waals surface area contributed by atoms with Crippen molar-refractivity contribution in [3.8, 4) is 0 Å². The van der Waals surface area contributed by atoms with Crippen LogP contribution in [-0.2, 0) is 19.1 Å². The minimum Gasteiger partial charge on any atom is -0.463 e. The molecule has 0 aromatic heterocycles. The Hall–Kier alpha value is -1.62. The summed E-state index contributed by atoms with van der Waals surface area (Å²) in [6.07, 6.45) is 44.0. The number of rotatable bonds is 32. The van der Waals surface area contributed by atoms with Crippen molar-refractivity contribution in [3.63, 3.8) is 0 Å². The predicted octanol–water partition coefficient (Wildman–Crippen LogP) is 13.8. The first-order valence-electron chi connectivity index (χ1n) is 21.0. The van der Waals surface area contributed by atoms with Gasteiger partial charge in [0.15, 0.2) is 0 Å². The molecule has 0 atom stereocenters. The zero-order chi connectivity index (χ0) is 37.1. The molecule has 5 heteroatoms. The summed E-state index contributed by atoms with van der Waals surface area (Å²) < 4.78 is 10.2. The van der Waals surface area contributed by atoms with E-state index >= 15 is 0 Å². The van der Waals surface area contributed by atoms with Gasteiger partial charge in [-0.25, -0.2) is 0 Å². The van der Waals surface area contributed by atoms with Crippen molar-refractivity contribution < 1.29 is 19.1 Å². The molecule has 292 valence electrons. The average molecular weight is 694 g/mol. The summed E-state index contributed by atoms with van der Waals surface area (Å²) in [5, 5.41) is 2.75. The lowest BCUT2D eigenvalue weighted by Crippen LogP contribution is -2.10. The zero-order valence-corrected chi connectivity index (χ0v) is 34.4. The van der Waals surface area contributed by atoms with E-state index in [-0.39, 0.29) is 24.1 Å². The van der Waals surface area contributed by atoms with Crippen LogP contribution in [0.5, 0.6) is 0 Å². The van der Waals surface area contributed by atoms with Crippen LogP contribution in [0, 0.1) is 0 Å². The van der Waals surface area contributed by atoms with E-state index in [9.17, 15) is 9.59 Å². The van der Waals surface area contributed by atoms with E-state index in [4.69, 9.17) is 9.47 Å². The molecule has 0 spiro atoms. The first-order valence-corrected chi connectivity index (χ1v) is 21.0. The van der Waals surface area contributed by atoms with Gasteiger partial charge in [0.2, 0.25) is 0 Å². The number of hydrogen-bond donors (Lipinski definition) is 1. The first-order chi connectivity index (χ1) is 23.7. The third-order valence-electron chi connectivity index (χ3n) is 8.02. The second kappa shape index (κ2) is 46.4. The van der Waals surface area contributed by atoms with Crippen LogP contribution in [-0.4, -0.2) is 38.2 Å². The fourth-order valence-electron chi connectivity index (χ4n) is 5.32. The lowest BCUT2D eigenvalue weighted by atomic mass is 10.1. The molecule has 0 saturated carbocycles. The van der Waals surface area contributed by atoms with E-state index in [0.29, 0.717) is 12.8 Å². The largest absolute Gasteiger partial charge is 0.463 e. The van der Waals surface area contributed by atoms with Gasteiger partial charge in [-0.1, -0.05) is 141 Å². The van der Waals surface area contributed by atoms with Crippen LogP contribution in [0.3, 0.4) is 0 Å². The summed E-state index contributed by atoms with van der Waals surface area (Å²) in [5.41, 5.74) is 0. The number of allylic oxidation sites excluding steroid dienone is 4. The fraction of sp³-hybridized carbons (Fsp3) is 0.864. The van der Waals surface area contributed by atoms with Crippen molar-refractivity contribution in [2.75, 3.05) is 14.1 Å². The number of ether oxygens (including phenoxy) is 2. The number of carbonyl (C=O) groups is 2. The zero-order valence-electron chi connectivity index (χ0n) is 34.4. The number of unbranched alkanes of at least 4 members (excludes halogenated alkanes) is 22. The third kappa shape index (κ3) is 56.0. The number of nitrogens with one attached hydrogen (secondary N) is 1. The summed E-state index contributed by atoms with van der Waals surface area (Å²) >= 11 is 0. The summed E-state index contributed by atoms with van der Waals surface area (Å²) in [5.74, 6) is -0.0877. The standard InChI is InChI=1S/2C21H40O2.C2H7N/c2*1-4-5-6-7-8-9-10-11-12-13-14-15-16-17-18-19-21(22)23-20(2)3;1-3-2/h2*11-12,20H,4-10,13-19H2,1-3H3;3H,1-2H3/b2*12-11-;. The maximum Gasteiger partial charge on any atom is 0.306 e. The maximum atomic E-state index is 11.4. The fourth-order valence-corrected chi connectivity index (χ4v) is 5.32. The molecule has 0 bridgehead atoms. The van der Waals surface area contributed by atoms with Gasteiger partial charge in [0, 0.05) is 12.8 Å². The molecule has 0 heterocycles. The topological polar surface area (TPSA) is 64.6 Å². The molecule has 1 N–H and O–H groups in total. The average Bonchev–Trinajstić information content (AvgIpc) is 3.04. The molecular formula is C44H87NO4. The van der Waals surface area contributed by atoms with Gasteiger partial charge in [-0.3, -0.25) is 9.59 Å². The van der Waals surface area contributed by atoms with Crippen LogP contribution in [0.15, 0.2) is 24.3 Å². The summed E-state index contributed by atoms with van der Waals surface area (Å²) in [7, 11) is 3.75. The van der Waals surface area contributed by atoms with Crippen molar-refractivity contribution in [2.45, 2.75) is 234 Å². The van der Waals surface area contributed by atoms with Crippen molar-refractivity contribution >= 4 is 11.9 Å². The van der Waals surface area contributed by atoms with Gasteiger partial charge in [-0.15, -0.1) is 0 Å². The van der Waals surface area contributed by atoms with E-state index in [0.717, 1.165) is 25.7 Å². The van der Waals surface area contributed by atoms with Gasteiger partial charge in [0.1, 0.15) is 0 Å². The highest BCUT2D eigenvalue weighted by atomic mass is 16.5. The van der Waals surface area contributed by atoms with Crippen LogP contribution in [0.4, 0.5) is 0 Å². The Kier molecular flexibility index (Phi) is 49.0. The van der Waals surface area contributed by atoms with Gasteiger partial charge in [-0.05, 0) is 106 Å². The normalized spacial score (nSPS) is 11.1. The monoisotopic (exact) mass is 694 g/mol. The summed E-state index contributed by atoms with van der Waals surface area (Å²) in [6.45, 7) is 12.1. The lowest BCUT2D eigenvalue weighted by Gasteiger charge is -2.07. The SMILES string of the molecule is CCCCCCCC/C=C\CCCCCCCC(=O)OC(C)C.CCCCCCCC/C=C\CCCCCCCC(=O)OC(C)C.CNC. The summed E-state index contributed by atoms with van der Waals surface area (Å²) in [6, 6.07) is 0. The van der Waals surface area contributed by atoms with Crippen LogP contribution in [0.2, 0.25) is 0 Å². The molecule has 0 radical (unpaired) electrons. The van der Waals surface area contributed by atoms with Gasteiger partial charge >= 0.3 is 11.9 Å². The molecule has 0 aromatic carbocycles. The minimum absolute atomic E-state index is 0.0191. The number of carbonyl (C=O) groups excluding carboxylic acids is 2. The van der Waals surface area contributed by atoms with E-state index in [2.05, 4.69) is 43.5 Å². The Morgan fingerprint density at radius 3 is 0.898 bits per heavy atom. The molecule has 0 aliphatic carbocycles. The van der Waals surface area contributed by atoms with Crippen molar-refractivity contribution in [1.29, 1.82) is 0 Å². The van der Waals surface area contributed by atoms with Crippen molar-refractivity contribution in [3.05, 3.63) is 24.3 Å². The molecule has 0 fully saturated rings. The molecule has 5 nitrogen and oxygen atoms in total. The van der Waals surface area contributed by atoms with E-state index in [1.807, 2.05) is 41.8 Å². The second-order valence-corrected chi connectivity index (χ2v) is 14.2. The smallest absolute Gasteiger partial charge is 0.306 e. The molecule has 0 aromatic rings. The van der Waals surface area contributed by atoms with Crippen LogP contribution in [0.1, 0.15) is 221 Å². The third-order valence-corrected chi connectivity index (χ3v) is 8.02. The summed E-state index contributed by atoms with van der Waals surface area (Å²) in [4.78, 5) is 22.7. The number of esters is 2. The van der Waals surface area contributed by atoms with Crippen LogP contribution in [0.25, 0.3) is 0 Å². The van der Waals surface area contributed by atoms with Crippen molar-refractivity contribution in [1.82, 2.24) is 5.32 Å². The maximum absolute atomic E-state index is 11.4. The molecule has 0 rings (SSSR count). The van der Waals surface area contributed by atoms with E-state index in [1.54, 1.807) is 0 Å². The Labute approximate surface area is 307 Å². The first kappa shape index (κ1) is 51.7.